The minimum atomic E-state index is 0.0230. The summed E-state index contributed by atoms with van der Waals surface area (Å²) in [6.45, 7) is 5.13. The quantitative estimate of drug-likeness (QED) is 0.482. The molecule has 1 N–H and O–H groups in total. The first kappa shape index (κ1) is 22.0. The van der Waals surface area contributed by atoms with Crippen molar-refractivity contribution in [2.45, 2.75) is 32.1 Å². The van der Waals surface area contributed by atoms with Gasteiger partial charge >= 0.3 is 0 Å². The van der Waals surface area contributed by atoms with E-state index in [1.807, 2.05) is 29.3 Å². The molecule has 2 aromatic heterocycles. The van der Waals surface area contributed by atoms with Crippen molar-refractivity contribution in [2.75, 3.05) is 25.4 Å². The van der Waals surface area contributed by atoms with Gasteiger partial charge in [-0.05, 0) is 48.9 Å². The van der Waals surface area contributed by atoms with E-state index in [2.05, 4.69) is 51.5 Å². The lowest BCUT2D eigenvalue weighted by Gasteiger charge is -2.30. The second kappa shape index (κ2) is 10.9. The first-order valence-electron chi connectivity index (χ1n) is 10.7. The Hall–Kier alpha value is -2.16. The van der Waals surface area contributed by atoms with Crippen LogP contribution in [0.25, 0.3) is 10.7 Å². The Morgan fingerprint density at radius 1 is 1.32 bits per heavy atom. The lowest BCUT2D eigenvalue weighted by atomic mass is 9.97. The van der Waals surface area contributed by atoms with Gasteiger partial charge in [-0.1, -0.05) is 35.5 Å². The van der Waals surface area contributed by atoms with E-state index < -0.39 is 0 Å². The number of nitrogens with one attached hydrogen (secondary N) is 1. The van der Waals surface area contributed by atoms with Crippen molar-refractivity contribution < 1.29 is 9.32 Å². The highest BCUT2D eigenvalue weighted by Crippen LogP contribution is 2.23. The van der Waals surface area contributed by atoms with Crippen LogP contribution in [0, 0.1) is 12.8 Å². The second-order valence-electron chi connectivity index (χ2n) is 7.83. The highest BCUT2D eigenvalue weighted by Gasteiger charge is 2.26. The molecule has 1 fully saturated rings. The van der Waals surface area contributed by atoms with Gasteiger partial charge in [0.1, 0.15) is 0 Å². The van der Waals surface area contributed by atoms with Crippen molar-refractivity contribution >= 4 is 29.0 Å². The number of carbonyl (C=O) groups is 1. The summed E-state index contributed by atoms with van der Waals surface area (Å²) in [5, 5.41) is 9.20. The molecule has 3 aromatic rings. The molecule has 0 saturated carbocycles. The van der Waals surface area contributed by atoms with Gasteiger partial charge in [0.25, 0.3) is 0 Å². The molecule has 1 aromatic carbocycles. The summed E-state index contributed by atoms with van der Waals surface area (Å²) < 4.78 is 5.42. The Labute approximate surface area is 191 Å². The third-order valence-corrected chi connectivity index (χ3v) is 7.38. The molecule has 3 heterocycles. The first-order chi connectivity index (χ1) is 15.2. The maximum Gasteiger partial charge on any atom is 0.241 e. The third-order valence-electron chi connectivity index (χ3n) is 5.51. The summed E-state index contributed by atoms with van der Waals surface area (Å²) in [6.07, 6.45) is 1.94. The molecule has 1 amide bonds. The van der Waals surface area contributed by atoms with Crippen molar-refractivity contribution in [2.24, 2.45) is 5.92 Å². The van der Waals surface area contributed by atoms with Crippen molar-refractivity contribution in [1.82, 2.24) is 20.4 Å². The minimum Gasteiger partial charge on any atom is -0.355 e. The second-order valence-corrected chi connectivity index (χ2v) is 9.89. The molecule has 164 valence electrons. The summed E-state index contributed by atoms with van der Waals surface area (Å²) in [5.41, 5.74) is 2.69. The van der Waals surface area contributed by atoms with E-state index in [-0.39, 0.29) is 11.8 Å². The summed E-state index contributed by atoms with van der Waals surface area (Å²) >= 11 is 3.46. The molecular weight excluding hydrogens is 428 g/mol. The van der Waals surface area contributed by atoms with Crippen LogP contribution in [-0.4, -0.2) is 46.3 Å². The number of hydrogen-bond donors (Lipinski definition) is 1. The summed E-state index contributed by atoms with van der Waals surface area (Å²) in [7, 11) is 0. The molecule has 1 unspecified atom stereocenters. The zero-order valence-corrected chi connectivity index (χ0v) is 19.4. The Balaban J connectivity index is 1.18. The van der Waals surface area contributed by atoms with Gasteiger partial charge in [0.2, 0.25) is 17.6 Å². The average molecular weight is 457 g/mol. The topological polar surface area (TPSA) is 71.3 Å². The lowest BCUT2D eigenvalue weighted by Crippen LogP contribution is -2.43. The number of hydrogen-bond acceptors (Lipinski definition) is 7. The van der Waals surface area contributed by atoms with Crippen LogP contribution < -0.4 is 5.32 Å². The van der Waals surface area contributed by atoms with Crippen molar-refractivity contribution in [3.8, 4) is 10.7 Å². The fraction of sp³-hybridized carbons (Fsp3) is 0.435. The molecule has 6 nitrogen and oxygen atoms in total. The number of amides is 1. The van der Waals surface area contributed by atoms with Crippen LogP contribution in [-0.2, 0) is 17.1 Å². The standard InChI is InChI=1S/C23H28N4O2S2/c1-17-6-2-3-7-19(17)16-30-13-10-24-23(28)18-8-4-11-27(14-18)15-21-25-22(26-29-21)20-9-5-12-31-20/h2-3,5-7,9,12,18H,4,8,10-11,13-16H2,1H3,(H,24,28). The number of thioether (sulfide) groups is 1. The molecule has 1 aliphatic rings. The number of aromatic nitrogens is 2. The van der Waals surface area contributed by atoms with Crippen molar-refractivity contribution in [1.29, 1.82) is 0 Å². The number of nitrogens with zero attached hydrogens (tertiary/aromatic N) is 3. The van der Waals surface area contributed by atoms with Crippen LogP contribution in [0.15, 0.2) is 46.3 Å². The number of likely N-dealkylation sites (tertiary alicyclic amines) is 1. The van der Waals surface area contributed by atoms with E-state index in [0.717, 1.165) is 42.3 Å². The predicted octanol–water partition coefficient (Wildman–Crippen LogP) is 4.37. The molecular formula is C23H28N4O2S2. The van der Waals surface area contributed by atoms with Crippen LogP contribution in [0.5, 0.6) is 0 Å². The molecule has 4 rings (SSSR count). The number of thiophene rings is 1. The fourth-order valence-electron chi connectivity index (χ4n) is 3.77. The summed E-state index contributed by atoms with van der Waals surface area (Å²) in [6, 6.07) is 12.4. The van der Waals surface area contributed by atoms with E-state index in [9.17, 15) is 4.79 Å². The van der Waals surface area contributed by atoms with Gasteiger partial charge < -0.3 is 9.84 Å². The minimum absolute atomic E-state index is 0.0230. The highest BCUT2D eigenvalue weighted by molar-refractivity contribution is 7.98. The number of benzene rings is 1. The van der Waals surface area contributed by atoms with Crippen molar-refractivity contribution in [3.05, 3.63) is 58.8 Å². The van der Waals surface area contributed by atoms with Crippen LogP contribution in [0.3, 0.4) is 0 Å². The maximum absolute atomic E-state index is 12.6. The Kier molecular flexibility index (Phi) is 7.77. The van der Waals surface area contributed by atoms with Gasteiger partial charge in [-0.25, -0.2) is 0 Å². The highest BCUT2D eigenvalue weighted by atomic mass is 32.2. The molecule has 0 aliphatic carbocycles. The first-order valence-corrected chi connectivity index (χ1v) is 12.7. The average Bonchev–Trinajstić information content (AvgIpc) is 3.47. The molecule has 0 bridgehead atoms. The monoisotopic (exact) mass is 456 g/mol. The molecule has 8 heteroatoms. The fourth-order valence-corrected chi connectivity index (χ4v) is 5.36. The molecule has 31 heavy (non-hydrogen) atoms. The zero-order chi connectivity index (χ0) is 21.5. The van der Waals surface area contributed by atoms with Gasteiger partial charge in [-0.15, -0.1) is 11.3 Å². The lowest BCUT2D eigenvalue weighted by molar-refractivity contribution is -0.126. The van der Waals surface area contributed by atoms with Gasteiger partial charge in [0, 0.05) is 24.6 Å². The van der Waals surface area contributed by atoms with Crippen LogP contribution in [0.2, 0.25) is 0 Å². The van der Waals surface area contributed by atoms with E-state index >= 15 is 0 Å². The summed E-state index contributed by atoms with van der Waals surface area (Å²) in [4.78, 5) is 20.4. The van der Waals surface area contributed by atoms with E-state index in [1.54, 1.807) is 11.3 Å². The predicted molar refractivity (Wildman–Crippen MR) is 126 cm³/mol. The van der Waals surface area contributed by atoms with Crippen molar-refractivity contribution in [3.63, 3.8) is 0 Å². The Morgan fingerprint density at radius 2 is 2.23 bits per heavy atom. The van der Waals surface area contributed by atoms with Crippen LogP contribution >= 0.6 is 23.1 Å². The molecule has 1 atom stereocenters. The van der Waals surface area contributed by atoms with Gasteiger partial charge in [-0.2, -0.15) is 16.7 Å². The van der Waals surface area contributed by atoms with E-state index in [1.165, 1.54) is 11.1 Å². The molecule has 1 aliphatic heterocycles. The van der Waals surface area contributed by atoms with Crippen LogP contribution in [0.4, 0.5) is 0 Å². The van der Waals surface area contributed by atoms with Crippen LogP contribution in [0.1, 0.15) is 29.9 Å². The zero-order valence-electron chi connectivity index (χ0n) is 17.8. The number of rotatable bonds is 9. The Morgan fingerprint density at radius 3 is 3.06 bits per heavy atom. The largest absolute Gasteiger partial charge is 0.355 e. The SMILES string of the molecule is Cc1ccccc1CSCCNC(=O)C1CCCN(Cc2nc(-c3cccs3)no2)C1. The normalized spacial score (nSPS) is 17.0. The number of piperidine rings is 1. The Bertz CT molecular complexity index is 974. The molecule has 0 radical (unpaired) electrons. The summed E-state index contributed by atoms with van der Waals surface area (Å²) in [5.74, 6) is 3.33. The van der Waals surface area contributed by atoms with E-state index in [4.69, 9.17) is 4.52 Å². The molecule has 0 spiro atoms. The van der Waals surface area contributed by atoms with Gasteiger partial charge in [0.15, 0.2) is 0 Å². The van der Waals surface area contributed by atoms with Gasteiger partial charge in [-0.3, -0.25) is 9.69 Å². The smallest absolute Gasteiger partial charge is 0.241 e. The maximum atomic E-state index is 12.6. The number of carbonyl (C=O) groups excluding carboxylic acids is 1. The van der Waals surface area contributed by atoms with E-state index in [0.29, 0.717) is 24.8 Å². The number of aryl methyl sites for hydroxylation is 1. The third kappa shape index (κ3) is 6.18. The van der Waals surface area contributed by atoms with Gasteiger partial charge in [0.05, 0.1) is 17.3 Å². The molecule has 1 saturated heterocycles.